The molecule has 3 aromatic rings. The SMILES string of the molecule is O=C(CSc1nc2ncccn2n1)Nc1ccccc1. The van der Waals surface area contributed by atoms with Crippen molar-refractivity contribution in [1.29, 1.82) is 0 Å². The van der Waals surface area contributed by atoms with Gasteiger partial charge in [0.05, 0.1) is 5.75 Å². The summed E-state index contributed by atoms with van der Waals surface area (Å²) in [6, 6.07) is 11.1. The Morgan fingerprint density at radius 2 is 2.10 bits per heavy atom. The lowest BCUT2D eigenvalue weighted by atomic mass is 10.3. The summed E-state index contributed by atoms with van der Waals surface area (Å²) in [6.45, 7) is 0. The van der Waals surface area contributed by atoms with E-state index in [0.717, 1.165) is 5.69 Å². The fourth-order valence-corrected chi connectivity index (χ4v) is 2.25. The minimum Gasteiger partial charge on any atom is -0.325 e. The van der Waals surface area contributed by atoms with Gasteiger partial charge in [-0.2, -0.15) is 4.98 Å². The third-order valence-corrected chi connectivity index (χ3v) is 3.32. The third kappa shape index (κ3) is 2.94. The van der Waals surface area contributed by atoms with E-state index in [-0.39, 0.29) is 11.7 Å². The van der Waals surface area contributed by atoms with E-state index in [1.165, 1.54) is 11.8 Å². The Bertz CT molecular complexity index is 695. The van der Waals surface area contributed by atoms with Gasteiger partial charge in [-0.1, -0.05) is 30.0 Å². The van der Waals surface area contributed by atoms with E-state index < -0.39 is 0 Å². The number of benzene rings is 1. The zero-order valence-corrected chi connectivity index (χ0v) is 11.2. The number of hydrogen-bond donors (Lipinski definition) is 1. The molecule has 100 valence electrons. The number of nitrogens with zero attached hydrogens (tertiary/aromatic N) is 4. The van der Waals surface area contributed by atoms with E-state index >= 15 is 0 Å². The molecule has 0 saturated carbocycles. The third-order valence-electron chi connectivity index (χ3n) is 2.49. The number of nitrogens with one attached hydrogen (secondary N) is 1. The largest absolute Gasteiger partial charge is 0.325 e. The van der Waals surface area contributed by atoms with Crippen LogP contribution in [0.2, 0.25) is 0 Å². The maximum atomic E-state index is 11.8. The molecular formula is C13H11N5OS. The molecular weight excluding hydrogens is 274 g/mol. The molecule has 1 amide bonds. The van der Waals surface area contributed by atoms with Gasteiger partial charge in [-0.15, -0.1) is 5.10 Å². The molecule has 0 fully saturated rings. The molecule has 3 rings (SSSR count). The Morgan fingerprint density at radius 1 is 1.25 bits per heavy atom. The molecule has 2 heterocycles. The maximum Gasteiger partial charge on any atom is 0.253 e. The van der Waals surface area contributed by atoms with Gasteiger partial charge < -0.3 is 5.32 Å². The molecule has 0 bridgehead atoms. The van der Waals surface area contributed by atoms with Crippen LogP contribution in [-0.2, 0) is 4.79 Å². The van der Waals surface area contributed by atoms with Crippen LogP contribution in [0.1, 0.15) is 0 Å². The van der Waals surface area contributed by atoms with Crippen molar-refractivity contribution in [3.05, 3.63) is 48.8 Å². The molecule has 6 nitrogen and oxygen atoms in total. The Kier molecular flexibility index (Phi) is 3.60. The Hall–Kier alpha value is -2.41. The molecule has 2 aromatic heterocycles. The number of para-hydroxylation sites is 1. The van der Waals surface area contributed by atoms with Crippen molar-refractivity contribution in [3.63, 3.8) is 0 Å². The highest BCUT2D eigenvalue weighted by molar-refractivity contribution is 7.99. The summed E-state index contributed by atoms with van der Waals surface area (Å²) in [5.41, 5.74) is 0.780. The van der Waals surface area contributed by atoms with Crippen molar-refractivity contribution in [2.45, 2.75) is 5.16 Å². The number of amides is 1. The summed E-state index contributed by atoms with van der Waals surface area (Å²) in [7, 11) is 0. The fraction of sp³-hybridized carbons (Fsp3) is 0.0769. The molecule has 0 aliphatic carbocycles. The van der Waals surface area contributed by atoms with E-state index in [4.69, 9.17) is 0 Å². The zero-order chi connectivity index (χ0) is 13.8. The average molecular weight is 285 g/mol. The normalized spacial score (nSPS) is 10.6. The number of fused-ring (bicyclic) bond motifs is 1. The highest BCUT2D eigenvalue weighted by atomic mass is 32.2. The van der Waals surface area contributed by atoms with Gasteiger partial charge in [0, 0.05) is 18.1 Å². The van der Waals surface area contributed by atoms with Gasteiger partial charge in [0.2, 0.25) is 11.1 Å². The Labute approximate surface area is 119 Å². The fourth-order valence-electron chi connectivity index (χ4n) is 1.62. The average Bonchev–Trinajstić information content (AvgIpc) is 2.89. The number of aromatic nitrogens is 4. The predicted octanol–water partition coefficient (Wildman–Crippen LogP) is 1.86. The molecule has 0 aliphatic rings. The van der Waals surface area contributed by atoms with Gasteiger partial charge in [-0.3, -0.25) is 4.79 Å². The molecule has 7 heteroatoms. The first-order valence-electron chi connectivity index (χ1n) is 5.96. The lowest BCUT2D eigenvalue weighted by Crippen LogP contribution is -2.13. The lowest BCUT2D eigenvalue weighted by molar-refractivity contribution is -0.113. The molecule has 0 aliphatic heterocycles. The van der Waals surface area contributed by atoms with Crippen LogP contribution in [0.3, 0.4) is 0 Å². The molecule has 0 atom stereocenters. The molecule has 1 N–H and O–H groups in total. The first-order chi connectivity index (χ1) is 9.81. The maximum absolute atomic E-state index is 11.8. The van der Waals surface area contributed by atoms with Crippen molar-refractivity contribution in [2.75, 3.05) is 11.1 Å². The topological polar surface area (TPSA) is 72.2 Å². The number of anilines is 1. The van der Waals surface area contributed by atoms with Crippen LogP contribution in [0, 0.1) is 0 Å². The van der Waals surface area contributed by atoms with Crippen molar-refractivity contribution < 1.29 is 4.79 Å². The second-order valence-electron chi connectivity index (χ2n) is 3.96. The van der Waals surface area contributed by atoms with E-state index in [0.29, 0.717) is 10.9 Å². The summed E-state index contributed by atoms with van der Waals surface area (Å²) in [5.74, 6) is 0.692. The van der Waals surface area contributed by atoms with Crippen LogP contribution in [0.4, 0.5) is 5.69 Å². The van der Waals surface area contributed by atoms with Gasteiger partial charge in [0.1, 0.15) is 0 Å². The number of carbonyl (C=O) groups excluding carboxylic acids is 1. The molecule has 0 unspecified atom stereocenters. The van der Waals surface area contributed by atoms with Crippen molar-refractivity contribution in [3.8, 4) is 0 Å². The Balaban J connectivity index is 1.60. The highest BCUT2D eigenvalue weighted by Crippen LogP contribution is 2.14. The molecule has 0 radical (unpaired) electrons. The monoisotopic (exact) mass is 285 g/mol. The summed E-state index contributed by atoms with van der Waals surface area (Å²) in [6.07, 6.45) is 3.42. The summed E-state index contributed by atoms with van der Waals surface area (Å²) in [4.78, 5) is 20.1. The van der Waals surface area contributed by atoms with Crippen molar-refractivity contribution >= 4 is 29.1 Å². The van der Waals surface area contributed by atoms with E-state index in [1.54, 1.807) is 23.0 Å². The van der Waals surface area contributed by atoms with Gasteiger partial charge in [-0.25, -0.2) is 9.50 Å². The van der Waals surface area contributed by atoms with Crippen LogP contribution in [0.15, 0.2) is 53.9 Å². The van der Waals surface area contributed by atoms with E-state index in [1.807, 2.05) is 30.3 Å². The predicted molar refractivity (Wildman–Crippen MR) is 76.6 cm³/mol. The summed E-state index contributed by atoms with van der Waals surface area (Å²) >= 11 is 1.28. The van der Waals surface area contributed by atoms with Crippen molar-refractivity contribution in [2.24, 2.45) is 0 Å². The van der Waals surface area contributed by atoms with Crippen LogP contribution in [0.25, 0.3) is 5.78 Å². The van der Waals surface area contributed by atoms with Crippen molar-refractivity contribution in [1.82, 2.24) is 19.6 Å². The van der Waals surface area contributed by atoms with Gasteiger partial charge >= 0.3 is 0 Å². The van der Waals surface area contributed by atoms with Crippen LogP contribution in [-0.4, -0.2) is 31.2 Å². The Morgan fingerprint density at radius 3 is 2.90 bits per heavy atom. The second-order valence-corrected chi connectivity index (χ2v) is 4.90. The number of thioether (sulfide) groups is 1. The van der Waals surface area contributed by atoms with Gasteiger partial charge in [0.15, 0.2) is 0 Å². The molecule has 1 aromatic carbocycles. The molecule has 0 saturated heterocycles. The van der Waals surface area contributed by atoms with Crippen LogP contribution < -0.4 is 5.32 Å². The van der Waals surface area contributed by atoms with Gasteiger partial charge in [0.25, 0.3) is 5.78 Å². The summed E-state index contributed by atoms with van der Waals surface area (Å²) < 4.78 is 1.58. The number of rotatable bonds is 4. The van der Waals surface area contributed by atoms with Crippen LogP contribution in [0.5, 0.6) is 0 Å². The minimum absolute atomic E-state index is 0.0898. The van der Waals surface area contributed by atoms with E-state index in [2.05, 4.69) is 20.4 Å². The molecule has 20 heavy (non-hydrogen) atoms. The first kappa shape index (κ1) is 12.6. The van der Waals surface area contributed by atoms with Gasteiger partial charge in [-0.05, 0) is 18.2 Å². The van der Waals surface area contributed by atoms with E-state index in [9.17, 15) is 4.79 Å². The summed E-state index contributed by atoms with van der Waals surface area (Å²) in [5, 5.41) is 7.56. The standard InChI is InChI=1S/C13H11N5OS/c19-11(15-10-5-2-1-3-6-10)9-20-13-16-12-14-7-4-8-18(12)17-13/h1-8H,9H2,(H,15,19). The lowest BCUT2D eigenvalue weighted by Gasteiger charge is -2.02. The zero-order valence-electron chi connectivity index (χ0n) is 10.4. The number of carbonyl (C=O) groups is 1. The number of hydrogen-bond acceptors (Lipinski definition) is 5. The second kappa shape index (κ2) is 5.70. The minimum atomic E-state index is -0.0898. The quantitative estimate of drug-likeness (QED) is 0.741. The smallest absolute Gasteiger partial charge is 0.253 e. The highest BCUT2D eigenvalue weighted by Gasteiger charge is 2.08. The van der Waals surface area contributed by atoms with Crippen LogP contribution >= 0.6 is 11.8 Å². The molecule has 0 spiro atoms. The first-order valence-corrected chi connectivity index (χ1v) is 6.95.